The molecule has 10 heavy (non-hydrogen) atoms. The topological polar surface area (TPSA) is 81.1 Å². The highest BCUT2D eigenvalue weighted by Gasteiger charge is 2.06. The summed E-state index contributed by atoms with van der Waals surface area (Å²) in [6.45, 7) is 0. The van der Waals surface area contributed by atoms with Crippen LogP contribution in [-0.4, -0.2) is 0 Å². The van der Waals surface area contributed by atoms with Crippen molar-refractivity contribution in [3.8, 4) is 0 Å². The van der Waals surface area contributed by atoms with Crippen LogP contribution < -0.4 is 16.1 Å². The Morgan fingerprint density at radius 3 is 2.70 bits per heavy atom. The second-order valence-corrected chi connectivity index (χ2v) is 4.39. The standard InChI is InChI=1S/C4H8N3OPS/c5-9(6,8)7-4-2-1-3-10-4/h1-3H,(H5,5,6,7,8). The van der Waals surface area contributed by atoms with Crippen LogP contribution >= 0.6 is 18.9 Å². The molecule has 6 heteroatoms. The molecule has 1 aromatic heterocycles. The van der Waals surface area contributed by atoms with Gasteiger partial charge in [0.15, 0.2) is 0 Å². The highest BCUT2D eigenvalue weighted by molar-refractivity contribution is 7.61. The maximum absolute atomic E-state index is 10.7. The van der Waals surface area contributed by atoms with Crippen molar-refractivity contribution in [1.82, 2.24) is 0 Å². The van der Waals surface area contributed by atoms with Crippen LogP contribution in [0.4, 0.5) is 5.00 Å². The SMILES string of the molecule is NP(N)(=O)Nc1cccs1. The van der Waals surface area contributed by atoms with Gasteiger partial charge in [-0.3, -0.25) is 15.6 Å². The maximum atomic E-state index is 10.7. The van der Waals surface area contributed by atoms with Crippen molar-refractivity contribution in [1.29, 1.82) is 0 Å². The smallest absolute Gasteiger partial charge is 0.298 e. The molecule has 1 heterocycles. The first-order chi connectivity index (χ1) is 4.58. The van der Waals surface area contributed by atoms with Gasteiger partial charge in [-0.05, 0) is 17.5 Å². The predicted octanol–water partition coefficient (Wildman–Crippen LogP) is 1.19. The first kappa shape index (κ1) is 7.75. The summed E-state index contributed by atoms with van der Waals surface area (Å²) in [4.78, 5) is 0. The molecule has 4 nitrogen and oxygen atoms in total. The normalized spacial score (nSPS) is 11.4. The minimum atomic E-state index is -3.09. The molecule has 5 N–H and O–H groups in total. The van der Waals surface area contributed by atoms with E-state index in [-0.39, 0.29) is 0 Å². The number of anilines is 1. The fraction of sp³-hybridized carbons (Fsp3) is 0. The van der Waals surface area contributed by atoms with Gasteiger partial charge in [-0.1, -0.05) is 0 Å². The third-order valence-electron chi connectivity index (χ3n) is 0.806. The van der Waals surface area contributed by atoms with E-state index in [1.165, 1.54) is 11.3 Å². The van der Waals surface area contributed by atoms with Gasteiger partial charge in [0.05, 0.1) is 5.00 Å². The van der Waals surface area contributed by atoms with Crippen LogP contribution in [0.25, 0.3) is 0 Å². The minimum Gasteiger partial charge on any atom is -0.305 e. The molecular weight excluding hydrogens is 169 g/mol. The molecule has 0 amide bonds. The van der Waals surface area contributed by atoms with Crippen LogP contribution in [0, 0.1) is 0 Å². The Morgan fingerprint density at radius 2 is 2.30 bits per heavy atom. The average Bonchev–Trinajstić information content (AvgIpc) is 2.12. The molecule has 0 atom stereocenters. The first-order valence-corrected chi connectivity index (χ1v) is 5.29. The first-order valence-electron chi connectivity index (χ1n) is 2.57. The van der Waals surface area contributed by atoms with Crippen molar-refractivity contribution >= 4 is 23.9 Å². The summed E-state index contributed by atoms with van der Waals surface area (Å²) >= 11 is 1.41. The Bertz CT molecular complexity index is 241. The number of nitrogens with one attached hydrogen (secondary N) is 1. The van der Waals surface area contributed by atoms with E-state index in [0.29, 0.717) is 0 Å². The summed E-state index contributed by atoms with van der Waals surface area (Å²) in [5, 5.41) is 5.07. The molecule has 0 radical (unpaired) electrons. The minimum absolute atomic E-state index is 0.730. The van der Waals surface area contributed by atoms with Gasteiger partial charge in [0.25, 0.3) is 7.59 Å². The molecule has 0 spiro atoms. The van der Waals surface area contributed by atoms with E-state index in [2.05, 4.69) is 5.09 Å². The second-order valence-electron chi connectivity index (χ2n) is 1.80. The Labute approximate surface area is 62.8 Å². The zero-order chi connectivity index (χ0) is 7.61. The summed E-state index contributed by atoms with van der Waals surface area (Å²) < 4.78 is 10.7. The molecule has 56 valence electrons. The number of hydrogen-bond acceptors (Lipinski definition) is 2. The summed E-state index contributed by atoms with van der Waals surface area (Å²) in [5.41, 5.74) is 10.1. The van der Waals surface area contributed by atoms with Crippen molar-refractivity contribution in [2.75, 3.05) is 5.09 Å². The molecule has 0 aromatic carbocycles. The van der Waals surface area contributed by atoms with Crippen LogP contribution in [0.1, 0.15) is 0 Å². The number of thiophene rings is 1. The van der Waals surface area contributed by atoms with Crippen LogP contribution in [-0.2, 0) is 4.57 Å². The maximum Gasteiger partial charge on any atom is 0.298 e. The lowest BCUT2D eigenvalue weighted by molar-refractivity contribution is 0.580. The Balaban J connectivity index is 2.66. The van der Waals surface area contributed by atoms with Gasteiger partial charge in [-0.2, -0.15) is 0 Å². The van der Waals surface area contributed by atoms with Crippen molar-refractivity contribution in [3.05, 3.63) is 17.5 Å². The van der Waals surface area contributed by atoms with Crippen molar-refractivity contribution in [2.24, 2.45) is 11.0 Å². The molecule has 0 aliphatic heterocycles. The Morgan fingerprint density at radius 1 is 1.60 bits per heavy atom. The van der Waals surface area contributed by atoms with Gasteiger partial charge in [0.1, 0.15) is 0 Å². The Hall–Kier alpha value is -0.350. The van der Waals surface area contributed by atoms with Crippen LogP contribution in [0.2, 0.25) is 0 Å². The van der Waals surface area contributed by atoms with E-state index in [4.69, 9.17) is 11.0 Å². The van der Waals surface area contributed by atoms with Crippen molar-refractivity contribution < 1.29 is 4.57 Å². The summed E-state index contributed by atoms with van der Waals surface area (Å²) in [5.74, 6) is 0. The zero-order valence-corrected chi connectivity index (χ0v) is 6.86. The van der Waals surface area contributed by atoms with Gasteiger partial charge in [0.2, 0.25) is 0 Å². The third-order valence-corrected chi connectivity index (χ3v) is 2.33. The van der Waals surface area contributed by atoms with Crippen LogP contribution in [0.15, 0.2) is 17.5 Å². The fourth-order valence-corrected chi connectivity index (χ4v) is 2.03. The van der Waals surface area contributed by atoms with Crippen LogP contribution in [0.3, 0.4) is 0 Å². The lowest BCUT2D eigenvalue weighted by Crippen LogP contribution is -2.12. The molecule has 0 bridgehead atoms. The third kappa shape index (κ3) is 2.49. The molecule has 0 saturated heterocycles. The zero-order valence-electron chi connectivity index (χ0n) is 5.15. The van der Waals surface area contributed by atoms with Gasteiger partial charge in [0, 0.05) is 0 Å². The van der Waals surface area contributed by atoms with E-state index >= 15 is 0 Å². The molecule has 0 aliphatic rings. The number of rotatable bonds is 2. The van der Waals surface area contributed by atoms with Gasteiger partial charge in [-0.15, -0.1) is 11.3 Å². The Kier molecular flexibility index (Phi) is 2.11. The van der Waals surface area contributed by atoms with Gasteiger partial charge < -0.3 is 5.09 Å². The number of hydrogen-bond donors (Lipinski definition) is 3. The van der Waals surface area contributed by atoms with Gasteiger partial charge in [-0.25, -0.2) is 0 Å². The molecule has 1 aromatic rings. The number of nitrogens with two attached hydrogens (primary N) is 2. The predicted molar refractivity (Wildman–Crippen MR) is 43.9 cm³/mol. The van der Waals surface area contributed by atoms with E-state index in [1.54, 1.807) is 6.07 Å². The summed E-state index contributed by atoms with van der Waals surface area (Å²) in [6, 6.07) is 3.58. The highest BCUT2D eigenvalue weighted by Crippen LogP contribution is 2.29. The molecular formula is C4H8N3OPS. The van der Waals surface area contributed by atoms with Crippen LogP contribution in [0.5, 0.6) is 0 Å². The lowest BCUT2D eigenvalue weighted by atomic mass is 10.6. The fourth-order valence-electron chi connectivity index (χ4n) is 0.514. The van der Waals surface area contributed by atoms with E-state index in [9.17, 15) is 4.57 Å². The van der Waals surface area contributed by atoms with E-state index in [1.807, 2.05) is 11.4 Å². The average molecular weight is 177 g/mol. The summed E-state index contributed by atoms with van der Waals surface area (Å²) in [7, 11) is -3.09. The monoisotopic (exact) mass is 177 g/mol. The van der Waals surface area contributed by atoms with Crippen molar-refractivity contribution in [2.45, 2.75) is 0 Å². The molecule has 0 fully saturated rings. The molecule has 0 saturated carbocycles. The quantitative estimate of drug-likeness (QED) is 0.592. The van der Waals surface area contributed by atoms with E-state index in [0.717, 1.165) is 5.00 Å². The second kappa shape index (κ2) is 2.72. The molecule has 1 rings (SSSR count). The molecule has 0 unspecified atom stereocenters. The summed E-state index contributed by atoms with van der Waals surface area (Å²) in [6.07, 6.45) is 0. The van der Waals surface area contributed by atoms with Crippen molar-refractivity contribution in [3.63, 3.8) is 0 Å². The van der Waals surface area contributed by atoms with E-state index < -0.39 is 7.59 Å². The highest BCUT2D eigenvalue weighted by atomic mass is 32.1. The molecule has 0 aliphatic carbocycles. The largest absolute Gasteiger partial charge is 0.305 e. The lowest BCUT2D eigenvalue weighted by Gasteiger charge is -2.06. The van der Waals surface area contributed by atoms with Gasteiger partial charge >= 0.3 is 0 Å².